The van der Waals surface area contributed by atoms with Crippen molar-refractivity contribution in [2.75, 3.05) is 26.2 Å². The molecule has 1 aromatic heterocycles. The van der Waals surface area contributed by atoms with Crippen LogP contribution < -0.4 is 14.8 Å². The van der Waals surface area contributed by atoms with Gasteiger partial charge in [0.05, 0.1) is 21.3 Å². The van der Waals surface area contributed by atoms with E-state index in [4.69, 9.17) is 23.2 Å². The van der Waals surface area contributed by atoms with E-state index in [1.807, 2.05) is 67.6 Å². The standard InChI is InChI=1S/C37H30Cl2N4O2S/c1-25-9-8-10-26(21-25)22-33-36(45)43(32-16-15-29(38)23-31(32)39)37(46-33)30(24-40)35(44)42-19-17-41(18-20-42)34(27-11-4-2-5-12-27)28-13-6-3-7-14-28/h2-16,21-23,34H,17-20H2,1H3/b33-22-,37-30-. The van der Waals surface area contributed by atoms with E-state index in [-0.39, 0.29) is 26.9 Å². The normalized spacial score (nSPS) is 14.8. The highest BCUT2D eigenvalue weighted by atomic mass is 35.5. The van der Waals surface area contributed by atoms with Crippen molar-refractivity contribution in [2.45, 2.75) is 13.0 Å². The maximum atomic E-state index is 14.1. The van der Waals surface area contributed by atoms with Gasteiger partial charge in [-0.05, 0) is 47.9 Å². The van der Waals surface area contributed by atoms with Crippen LogP contribution in [0.3, 0.4) is 0 Å². The molecule has 230 valence electrons. The monoisotopic (exact) mass is 664 g/mol. The van der Waals surface area contributed by atoms with Crippen molar-refractivity contribution in [1.82, 2.24) is 14.4 Å². The lowest BCUT2D eigenvalue weighted by Crippen LogP contribution is -2.50. The van der Waals surface area contributed by atoms with E-state index in [0.29, 0.717) is 41.4 Å². The molecule has 4 aromatic carbocycles. The molecule has 6 nitrogen and oxygen atoms in total. The van der Waals surface area contributed by atoms with Gasteiger partial charge in [-0.15, -0.1) is 11.3 Å². The van der Waals surface area contributed by atoms with Crippen LogP contribution in [0.1, 0.15) is 28.3 Å². The zero-order valence-electron chi connectivity index (χ0n) is 25.1. The largest absolute Gasteiger partial charge is 0.335 e. The minimum Gasteiger partial charge on any atom is -0.335 e. The van der Waals surface area contributed by atoms with Crippen LogP contribution in [0.25, 0.3) is 17.3 Å². The zero-order chi connectivity index (χ0) is 32.2. The third-order valence-corrected chi connectivity index (χ3v) is 9.68. The third-order valence-electron chi connectivity index (χ3n) is 8.05. The first-order valence-electron chi connectivity index (χ1n) is 14.9. The molecule has 0 unspecified atom stereocenters. The topological polar surface area (TPSA) is 69.3 Å². The SMILES string of the molecule is Cc1cccc(/C=c2\s/c(=C(/C#N)C(=O)N3CCN(C(c4ccccc4)c4ccccc4)CC3)n(-c3ccc(Cl)cc3Cl)c2=O)c1. The molecule has 9 heteroatoms. The average molecular weight is 666 g/mol. The van der Waals surface area contributed by atoms with Crippen LogP contribution in [0.5, 0.6) is 0 Å². The Kier molecular flexibility index (Phi) is 9.53. The molecule has 0 saturated carbocycles. The van der Waals surface area contributed by atoms with Crippen molar-refractivity contribution in [1.29, 1.82) is 5.26 Å². The number of amides is 1. The molecule has 0 spiro atoms. The number of hydrogen-bond acceptors (Lipinski definition) is 5. The van der Waals surface area contributed by atoms with Crippen LogP contribution in [0.2, 0.25) is 10.0 Å². The van der Waals surface area contributed by atoms with Crippen molar-refractivity contribution in [3.05, 3.63) is 155 Å². The van der Waals surface area contributed by atoms with E-state index in [1.165, 1.54) is 15.7 Å². The van der Waals surface area contributed by atoms with Gasteiger partial charge in [-0.25, -0.2) is 0 Å². The third kappa shape index (κ3) is 6.57. The van der Waals surface area contributed by atoms with Crippen molar-refractivity contribution < 1.29 is 4.79 Å². The van der Waals surface area contributed by atoms with E-state index in [9.17, 15) is 14.9 Å². The van der Waals surface area contributed by atoms with Gasteiger partial charge in [0.15, 0.2) is 5.57 Å². The summed E-state index contributed by atoms with van der Waals surface area (Å²) in [5.41, 5.74) is 4.12. The van der Waals surface area contributed by atoms with Gasteiger partial charge in [-0.1, -0.05) is 114 Å². The molecule has 1 aliphatic heterocycles. The van der Waals surface area contributed by atoms with Gasteiger partial charge < -0.3 is 4.90 Å². The Bertz CT molecular complexity index is 2070. The van der Waals surface area contributed by atoms with Gasteiger partial charge >= 0.3 is 0 Å². The minimum atomic E-state index is -0.416. The Labute approximate surface area is 281 Å². The number of piperazine rings is 1. The predicted octanol–water partition coefficient (Wildman–Crippen LogP) is 5.95. The Morgan fingerprint density at radius 2 is 1.52 bits per heavy atom. The summed E-state index contributed by atoms with van der Waals surface area (Å²) in [4.78, 5) is 32.1. The molecule has 0 bridgehead atoms. The average Bonchev–Trinajstić information content (AvgIpc) is 3.37. The molecule has 1 fully saturated rings. The fraction of sp³-hybridized carbons (Fsp3) is 0.162. The highest BCUT2D eigenvalue weighted by Gasteiger charge is 2.30. The fourth-order valence-corrected chi connectivity index (χ4v) is 7.44. The maximum absolute atomic E-state index is 14.1. The molecule has 0 aliphatic carbocycles. The van der Waals surface area contributed by atoms with Crippen molar-refractivity contribution in [3.8, 4) is 11.8 Å². The number of nitrogens with zero attached hydrogens (tertiary/aromatic N) is 4. The molecule has 1 saturated heterocycles. The van der Waals surface area contributed by atoms with E-state index in [2.05, 4.69) is 35.2 Å². The summed E-state index contributed by atoms with van der Waals surface area (Å²) in [6.07, 6.45) is 1.77. The fourth-order valence-electron chi connectivity index (χ4n) is 5.86. The number of benzene rings is 4. The van der Waals surface area contributed by atoms with Crippen molar-refractivity contribution in [3.63, 3.8) is 0 Å². The van der Waals surface area contributed by atoms with Crippen LogP contribution in [0, 0.1) is 18.3 Å². The Morgan fingerprint density at radius 1 is 0.870 bits per heavy atom. The van der Waals surface area contributed by atoms with Crippen LogP contribution >= 0.6 is 34.5 Å². The second-order valence-electron chi connectivity index (χ2n) is 11.1. The van der Waals surface area contributed by atoms with Gasteiger partial charge in [0.1, 0.15) is 10.7 Å². The number of aromatic nitrogens is 1. The van der Waals surface area contributed by atoms with Gasteiger partial charge in [-0.2, -0.15) is 5.26 Å². The maximum Gasteiger partial charge on any atom is 0.273 e. The van der Waals surface area contributed by atoms with Gasteiger partial charge in [0, 0.05) is 31.2 Å². The first kappa shape index (κ1) is 31.5. The Hall–Kier alpha value is -4.45. The van der Waals surface area contributed by atoms with Crippen LogP contribution in [-0.2, 0) is 4.79 Å². The van der Waals surface area contributed by atoms with Gasteiger partial charge in [-0.3, -0.25) is 19.1 Å². The highest BCUT2D eigenvalue weighted by molar-refractivity contribution is 7.07. The first-order valence-corrected chi connectivity index (χ1v) is 16.4. The smallest absolute Gasteiger partial charge is 0.273 e. The Morgan fingerprint density at radius 3 is 2.11 bits per heavy atom. The van der Waals surface area contributed by atoms with Crippen molar-refractivity contribution in [2.24, 2.45) is 0 Å². The van der Waals surface area contributed by atoms with Gasteiger partial charge in [0.2, 0.25) is 0 Å². The molecule has 5 aromatic rings. The lowest BCUT2D eigenvalue weighted by molar-refractivity contribution is -0.126. The van der Waals surface area contributed by atoms with E-state index in [0.717, 1.165) is 22.5 Å². The second-order valence-corrected chi connectivity index (χ2v) is 13.0. The lowest BCUT2D eigenvalue weighted by Gasteiger charge is -2.39. The number of carbonyl (C=O) groups excluding carboxylic acids is 1. The summed E-state index contributed by atoms with van der Waals surface area (Å²) in [6.45, 7) is 4.07. The summed E-state index contributed by atoms with van der Waals surface area (Å²) in [5.74, 6) is -0.416. The molecular formula is C37H30Cl2N4O2S. The number of halogens is 2. The molecule has 0 radical (unpaired) electrons. The Balaban J connectivity index is 1.39. The number of rotatable bonds is 6. The van der Waals surface area contributed by atoms with E-state index < -0.39 is 5.91 Å². The lowest BCUT2D eigenvalue weighted by atomic mass is 9.96. The van der Waals surface area contributed by atoms with E-state index in [1.54, 1.807) is 29.2 Å². The first-order chi connectivity index (χ1) is 22.3. The quantitative estimate of drug-likeness (QED) is 0.225. The van der Waals surface area contributed by atoms with Crippen LogP contribution in [0.15, 0.2) is 108 Å². The second kappa shape index (κ2) is 13.9. The number of hydrogen-bond donors (Lipinski definition) is 0. The molecule has 0 N–H and O–H groups in total. The number of aryl methyl sites for hydroxylation is 1. The van der Waals surface area contributed by atoms with Crippen LogP contribution in [-0.4, -0.2) is 46.5 Å². The number of thiazole rings is 1. The molecule has 46 heavy (non-hydrogen) atoms. The minimum absolute atomic E-state index is 0.0355. The van der Waals surface area contributed by atoms with Crippen molar-refractivity contribution >= 4 is 52.1 Å². The summed E-state index contributed by atoms with van der Waals surface area (Å²) >= 11 is 13.9. The van der Waals surface area contributed by atoms with Crippen LogP contribution in [0.4, 0.5) is 0 Å². The predicted molar refractivity (Wildman–Crippen MR) is 186 cm³/mol. The summed E-state index contributed by atoms with van der Waals surface area (Å²) in [7, 11) is 0. The van der Waals surface area contributed by atoms with E-state index >= 15 is 0 Å². The number of nitriles is 1. The molecule has 1 amide bonds. The highest BCUT2D eigenvalue weighted by Crippen LogP contribution is 2.30. The molecule has 1 aliphatic rings. The zero-order valence-corrected chi connectivity index (χ0v) is 27.4. The summed E-state index contributed by atoms with van der Waals surface area (Å²) < 4.78 is 1.97. The summed E-state index contributed by atoms with van der Waals surface area (Å²) in [6, 6.07) is 35.4. The molecule has 6 rings (SSSR count). The molecule has 2 heterocycles. The number of carbonyl (C=O) groups is 1. The van der Waals surface area contributed by atoms with Gasteiger partial charge in [0.25, 0.3) is 11.5 Å². The molecule has 0 atom stereocenters. The molecular weight excluding hydrogens is 635 g/mol. The summed E-state index contributed by atoms with van der Waals surface area (Å²) in [5, 5.41) is 11.1.